The summed E-state index contributed by atoms with van der Waals surface area (Å²) in [5.41, 5.74) is 1.41. The summed E-state index contributed by atoms with van der Waals surface area (Å²) < 4.78 is 5.14. The average Bonchev–Trinajstić information content (AvgIpc) is 2.66. The molecule has 1 fully saturated rings. The van der Waals surface area contributed by atoms with Crippen molar-refractivity contribution in [1.29, 1.82) is 0 Å². The Morgan fingerprint density at radius 3 is 2.50 bits per heavy atom. The lowest BCUT2D eigenvalue weighted by Crippen LogP contribution is -2.47. The molecular weight excluding hydrogens is 326 g/mol. The third-order valence-electron chi connectivity index (χ3n) is 4.68. The molecule has 1 aliphatic heterocycles. The van der Waals surface area contributed by atoms with E-state index < -0.39 is 0 Å². The number of piperazine rings is 1. The highest BCUT2D eigenvalue weighted by molar-refractivity contribution is 5.79. The minimum absolute atomic E-state index is 0.254. The number of rotatable bonds is 9. The molecule has 2 rings (SSSR count). The summed E-state index contributed by atoms with van der Waals surface area (Å²) in [6.07, 6.45) is 1.12. The molecule has 1 aromatic carbocycles. The van der Waals surface area contributed by atoms with Gasteiger partial charge in [-0.15, -0.1) is 0 Å². The van der Waals surface area contributed by atoms with Crippen LogP contribution in [-0.2, 0) is 11.3 Å². The van der Waals surface area contributed by atoms with Crippen molar-refractivity contribution in [3.63, 3.8) is 0 Å². The van der Waals surface area contributed by atoms with Crippen molar-refractivity contribution in [3.8, 4) is 0 Å². The third-order valence-corrected chi connectivity index (χ3v) is 4.68. The van der Waals surface area contributed by atoms with Crippen molar-refractivity contribution in [3.05, 3.63) is 35.9 Å². The Hall–Kier alpha value is -1.63. The normalized spacial score (nSPS) is 17.9. The summed E-state index contributed by atoms with van der Waals surface area (Å²) in [6.45, 7) is 10.5. The topological polar surface area (TPSA) is 52.1 Å². The number of nitrogens with zero attached hydrogens (tertiary/aromatic N) is 3. The second-order valence-corrected chi connectivity index (χ2v) is 6.96. The van der Waals surface area contributed by atoms with E-state index in [2.05, 4.69) is 62.7 Å². The standard InChI is InChI=1S/C20H35N5O/c1-18(17-26-3)23-20(21-2)22-10-7-11-24-12-14-25(15-13-24)16-19-8-5-4-6-9-19/h4-6,8-9,18H,7,10-17H2,1-3H3,(H2,21,22,23). The Labute approximate surface area is 158 Å². The predicted molar refractivity (Wildman–Crippen MR) is 109 cm³/mol. The van der Waals surface area contributed by atoms with Gasteiger partial charge in [0.1, 0.15) is 0 Å². The van der Waals surface area contributed by atoms with Gasteiger partial charge in [-0.05, 0) is 25.5 Å². The maximum absolute atomic E-state index is 5.14. The highest BCUT2D eigenvalue weighted by Gasteiger charge is 2.16. The van der Waals surface area contributed by atoms with Crippen LogP contribution >= 0.6 is 0 Å². The van der Waals surface area contributed by atoms with Crippen LogP contribution in [0.1, 0.15) is 18.9 Å². The van der Waals surface area contributed by atoms with E-state index in [0.717, 1.165) is 58.2 Å². The minimum atomic E-state index is 0.254. The van der Waals surface area contributed by atoms with Crippen molar-refractivity contribution in [2.24, 2.45) is 4.99 Å². The maximum atomic E-state index is 5.14. The van der Waals surface area contributed by atoms with E-state index in [1.54, 1.807) is 14.2 Å². The molecule has 1 atom stereocenters. The van der Waals surface area contributed by atoms with Crippen LogP contribution in [0, 0.1) is 0 Å². The second-order valence-electron chi connectivity index (χ2n) is 6.96. The number of hydrogen-bond acceptors (Lipinski definition) is 4. The van der Waals surface area contributed by atoms with Crippen LogP contribution in [0.15, 0.2) is 35.3 Å². The molecule has 1 heterocycles. The minimum Gasteiger partial charge on any atom is -0.383 e. The molecule has 6 heteroatoms. The summed E-state index contributed by atoms with van der Waals surface area (Å²) in [7, 11) is 3.52. The van der Waals surface area contributed by atoms with Gasteiger partial charge in [0.05, 0.1) is 6.61 Å². The Bertz CT molecular complexity index is 514. The molecule has 2 N–H and O–H groups in total. The summed E-state index contributed by atoms with van der Waals surface area (Å²) in [5.74, 6) is 0.849. The first-order chi connectivity index (χ1) is 12.7. The van der Waals surface area contributed by atoms with Crippen LogP contribution in [0.4, 0.5) is 0 Å². The smallest absolute Gasteiger partial charge is 0.191 e. The van der Waals surface area contributed by atoms with Gasteiger partial charge in [0, 0.05) is 59.5 Å². The summed E-state index contributed by atoms with van der Waals surface area (Å²) in [5, 5.41) is 6.71. The molecule has 1 aromatic rings. The van der Waals surface area contributed by atoms with Gasteiger partial charge in [0.15, 0.2) is 5.96 Å². The van der Waals surface area contributed by atoms with E-state index in [4.69, 9.17) is 4.74 Å². The van der Waals surface area contributed by atoms with Crippen LogP contribution in [0.3, 0.4) is 0 Å². The van der Waals surface area contributed by atoms with Crippen LogP contribution in [0.5, 0.6) is 0 Å². The molecule has 26 heavy (non-hydrogen) atoms. The summed E-state index contributed by atoms with van der Waals surface area (Å²) in [6, 6.07) is 11.0. The first kappa shape index (κ1) is 20.7. The van der Waals surface area contributed by atoms with E-state index >= 15 is 0 Å². The SMILES string of the molecule is CN=C(NCCCN1CCN(Cc2ccccc2)CC1)NC(C)COC. The van der Waals surface area contributed by atoms with Crippen molar-refractivity contribution in [2.75, 3.05) is 60.0 Å². The molecule has 1 aliphatic rings. The molecule has 1 saturated heterocycles. The van der Waals surface area contributed by atoms with Crippen LogP contribution in [0.25, 0.3) is 0 Å². The monoisotopic (exact) mass is 361 g/mol. The lowest BCUT2D eigenvalue weighted by Gasteiger charge is -2.34. The van der Waals surface area contributed by atoms with Gasteiger partial charge in [0.25, 0.3) is 0 Å². The molecule has 0 radical (unpaired) electrons. The number of guanidine groups is 1. The Balaban J connectivity index is 1.57. The zero-order valence-corrected chi connectivity index (χ0v) is 16.6. The number of aliphatic imine (C=N–C) groups is 1. The van der Waals surface area contributed by atoms with E-state index in [1.165, 1.54) is 5.56 Å². The number of nitrogens with one attached hydrogen (secondary N) is 2. The van der Waals surface area contributed by atoms with E-state index in [9.17, 15) is 0 Å². The fourth-order valence-corrected chi connectivity index (χ4v) is 3.24. The number of methoxy groups -OCH3 is 1. The van der Waals surface area contributed by atoms with Crippen LogP contribution in [0.2, 0.25) is 0 Å². The zero-order chi connectivity index (χ0) is 18.6. The van der Waals surface area contributed by atoms with E-state index in [-0.39, 0.29) is 6.04 Å². The number of hydrogen-bond donors (Lipinski definition) is 2. The molecular formula is C20H35N5O. The van der Waals surface area contributed by atoms with Gasteiger partial charge in [-0.2, -0.15) is 0 Å². The molecule has 0 saturated carbocycles. The van der Waals surface area contributed by atoms with E-state index in [1.807, 2.05) is 0 Å². The molecule has 1 unspecified atom stereocenters. The highest BCUT2D eigenvalue weighted by atomic mass is 16.5. The molecule has 146 valence electrons. The van der Waals surface area contributed by atoms with Gasteiger partial charge < -0.3 is 20.3 Å². The van der Waals surface area contributed by atoms with E-state index in [0.29, 0.717) is 6.61 Å². The first-order valence-corrected chi connectivity index (χ1v) is 9.66. The molecule has 6 nitrogen and oxygen atoms in total. The van der Waals surface area contributed by atoms with Gasteiger partial charge in [0.2, 0.25) is 0 Å². The number of benzene rings is 1. The third kappa shape index (κ3) is 7.72. The highest BCUT2D eigenvalue weighted by Crippen LogP contribution is 2.08. The second kappa shape index (κ2) is 11.9. The Morgan fingerprint density at radius 1 is 1.15 bits per heavy atom. The fraction of sp³-hybridized carbons (Fsp3) is 0.650. The fourth-order valence-electron chi connectivity index (χ4n) is 3.24. The lowest BCUT2D eigenvalue weighted by molar-refractivity contribution is 0.126. The van der Waals surface area contributed by atoms with Crippen molar-refractivity contribution >= 4 is 5.96 Å². The van der Waals surface area contributed by atoms with Crippen molar-refractivity contribution < 1.29 is 4.74 Å². The van der Waals surface area contributed by atoms with Crippen LogP contribution in [-0.4, -0.2) is 81.8 Å². The predicted octanol–water partition coefficient (Wildman–Crippen LogP) is 1.39. The van der Waals surface area contributed by atoms with Gasteiger partial charge in [-0.25, -0.2) is 0 Å². The molecule has 0 bridgehead atoms. The van der Waals surface area contributed by atoms with Crippen molar-refractivity contribution in [2.45, 2.75) is 25.9 Å². The molecule has 0 spiro atoms. The van der Waals surface area contributed by atoms with Gasteiger partial charge >= 0.3 is 0 Å². The van der Waals surface area contributed by atoms with Crippen molar-refractivity contribution in [1.82, 2.24) is 20.4 Å². The Kier molecular flexibility index (Phi) is 9.45. The molecule has 0 aromatic heterocycles. The lowest BCUT2D eigenvalue weighted by atomic mass is 10.2. The maximum Gasteiger partial charge on any atom is 0.191 e. The zero-order valence-electron chi connectivity index (χ0n) is 16.6. The largest absolute Gasteiger partial charge is 0.383 e. The average molecular weight is 362 g/mol. The summed E-state index contributed by atoms with van der Waals surface area (Å²) >= 11 is 0. The quantitative estimate of drug-likeness (QED) is 0.396. The summed E-state index contributed by atoms with van der Waals surface area (Å²) in [4.78, 5) is 9.37. The molecule has 0 aliphatic carbocycles. The molecule has 0 amide bonds. The number of ether oxygens (including phenoxy) is 1. The van der Waals surface area contributed by atoms with Crippen LogP contribution < -0.4 is 10.6 Å². The Morgan fingerprint density at radius 2 is 1.85 bits per heavy atom. The van der Waals surface area contributed by atoms with Gasteiger partial charge in [-0.3, -0.25) is 9.89 Å². The first-order valence-electron chi connectivity index (χ1n) is 9.66. The van der Waals surface area contributed by atoms with Gasteiger partial charge in [-0.1, -0.05) is 30.3 Å².